The van der Waals surface area contributed by atoms with Gasteiger partial charge in [0.25, 0.3) is 0 Å². The number of aliphatic hydroxyl groups is 1. The highest BCUT2D eigenvalue weighted by Gasteiger charge is 2.61. The summed E-state index contributed by atoms with van der Waals surface area (Å²) in [6.45, 7) is 3.88. The summed E-state index contributed by atoms with van der Waals surface area (Å²) >= 11 is 3.31. The fourth-order valence-corrected chi connectivity index (χ4v) is 15.5. The number of methoxy groups -OCH3 is 2. The topological polar surface area (TPSA) is 210 Å². The van der Waals surface area contributed by atoms with Gasteiger partial charge in [-0.1, -0.05) is 12.5 Å². The number of phenols is 2. The largest absolute Gasteiger partial charge is 0.504 e. The number of rotatable bonds is 8. The second kappa shape index (κ2) is 16.5. The number of hydrogen-bond acceptors (Lipinski definition) is 17. The Labute approximate surface area is 390 Å². The van der Waals surface area contributed by atoms with E-state index in [1.807, 2.05) is 43.6 Å². The fourth-order valence-electron chi connectivity index (χ4n) is 12.3. The first-order valence-electron chi connectivity index (χ1n) is 22.7. The molecule has 2 amide bonds. The van der Waals surface area contributed by atoms with Crippen molar-refractivity contribution >= 4 is 41.5 Å². The lowest BCUT2D eigenvalue weighted by atomic mass is 9.73. The molecule has 66 heavy (non-hydrogen) atoms. The number of amides is 2. The lowest BCUT2D eigenvalue weighted by Gasteiger charge is -2.62. The van der Waals surface area contributed by atoms with Gasteiger partial charge in [0.05, 0.1) is 49.7 Å². The van der Waals surface area contributed by atoms with E-state index in [1.165, 1.54) is 26.0 Å². The number of likely N-dealkylation sites (N-methyl/N-ethyl adjacent to an activating group) is 1. The molecule has 17 nitrogen and oxygen atoms in total. The predicted molar refractivity (Wildman–Crippen MR) is 243 cm³/mol. The number of fused-ring (bicyclic) bond motifs is 10. The number of esters is 2. The molecule has 4 saturated heterocycles. The summed E-state index contributed by atoms with van der Waals surface area (Å²) in [6, 6.07) is 3.08. The molecule has 1 spiro atoms. The van der Waals surface area contributed by atoms with Crippen LogP contribution in [0.2, 0.25) is 0 Å². The smallest absolute Gasteiger partial charge is 0.331 e. The van der Waals surface area contributed by atoms with Gasteiger partial charge in [0.2, 0.25) is 6.79 Å². The first-order chi connectivity index (χ1) is 31.8. The maximum atomic E-state index is 14.9. The second-order valence-electron chi connectivity index (χ2n) is 18.7. The highest BCUT2D eigenvalue weighted by atomic mass is 32.2. The van der Waals surface area contributed by atoms with Crippen LogP contribution in [0.15, 0.2) is 18.2 Å². The van der Waals surface area contributed by atoms with E-state index < -0.39 is 53.1 Å². The summed E-state index contributed by atoms with van der Waals surface area (Å²) in [5, 5.41) is 45.1. The molecule has 0 aliphatic carbocycles. The first kappa shape index (κ1) is 43.8. The van der Waals surface area contributed by atoms with Gasteiger partial charge in [-0.15, -0.1) is 11.8 Å². The van der Waals surface area contributed by atoms with Crippen LogP contribution in [-0.4, -0.2) is 131 Å². The van der Waals surface area contributed by atoms with Crippen molar-refractivity contribution in [2.45, 2.75) is 111 Å². The van der Waals surface area contributed by atoms with Crippen LogP contribution in [0.4, 0.5) is 4.79 Å². The van der Waals surface area contributed by atoms with E-state index in [9.17, 15) is 29.7 Å². The van der Waals surface area contributed by atoms with E-state index in [0.717, 1.165) is 35.3 Å². The summed E-state index contributed by atoms with van der Waals surface area (Å²) in [5.41, 5.74) is 4.26. The number of aliphatic hydroxyl groups excluding tert-OH is 1. The highest BCUT2D eigenvalue weighted by molar-refractivity contribution is 8.00. The van der Waals surface area contributed by atoms with Gasteiger partial charge in [-0.2, -0.15) is 11.8 Å². The Morgan fingerprint density at radius 1 is 0.970 bits per heavy atom. The molecule has 6 N–H and O–H groups in total. The number of nitrogens with one attached hydrogen (secondary N) is 3. The maximum absolute atomic E-state index is 14.9. The van der Waals surface area contributed by atoms with Gasteiger partial charge in [-0.3, -0.25) is 19.9 Å². The molecular formula is C47H55N5O12S2. The molecule has 9 heterocycles. The van der Waals surface area contributed by atoms with Gasteiger partial charge < -0.3 is 54.4 Å². The van der Waals surface area contributed by atoms with Gasteiger partial charge in [0, 0.05) is 58.0 Å². The zero-order valence-electron chi connectivity index (χ0n) is 37.4. The lowest BCUT2D eigenvalue weighted by molar-refractivity contribution is -0.186. The van der Waals surface area contributed by atoms with E-state index in [4.69, 9.17) is 28.4 Å². The molecule has 0 saturated carbocycles. The Morgan fingerprint density at radius 2 is 1.79 bits per heavy atom. The second-order valence-corrected chi connectivity index (χ2v) is 21.1. The molecule has 10 atom stereocenters. The minimum Gasteiger partial charge on any atom is -0.504 e. The van der Waals surface area contributed by atoms with Crippen LogP contribution in [-0.2, 0) is 32.7 Å². The normalized spacial score (nSPS) is 31.5. The molecule has 9 aliphatic heterocycles. The Kier molecular flexibility index (Phi) is 10.9. The number of phenolic OH excluding ortho intramolecular Hbond substituents is 2. The number of piperazine rings is 1. The SMILES string of the molecule is COc1cc2c(cc1O)CCN[C@]21CS[C@@H]2c3c(OC(=O)CCCCC4SCC5NC(=O)NC54)c(C)c4c(c3[C@H](COC1=O)N1C2[C@@H]2c3c(cc(C)c(OC)c3O)C[C@H]([C@@H]1O)N2C)OCO4. The van der Waals surface area contributed by atoms with E-state index in [1.54, 1.807) is 12.1 Å². The quantitative estimate of drug-likeness (QED) is 0.0813. The van der Waals surface area contributed by atoms with Crippen LogP contribution in [0.3, 0.4) is 0 Å². The summed E-state index contributed by atoms with van der Waals surface area (Å²) in [4.78, 5) is 45.3. The van der Waals surface area contributed by atoms with Crippen LogP contribution < -0.4 is 39.6 Å². The molecule has 4 fully saturated rings. The average Bonchev–Trinajstić information content (AvgIpc) is 4.03. The monoisotopic (exact) mass is 945 g/mol. The first-order valence-corrected chi connectivity index (χ1v) is 24.8. The minimum absolute atomic E-state index is 0.0293. The third-order valence-corrected chi connectivity index (χ3v) is 18.3. The molecule has 0 aromatic heterocycles. The van der Waals surface area contributed by atoms with Crippen molar-refractivity contribution in [3.63, 3.8) is 0 Å². The fraction of sp³-hybridized carbons (Fsp3) is 0.553. The number of hydrogen-bond donors (Lipinski definition) is 6. The molecule has 3 aromatic rings. The number of aromatic hydroxyl groups is 2. The van der Waals surface area contributed by atoms with Gasteiger partial charge in [0.1, 0.15) is 18.6 Å². The van der Waals surface area contributed by atoms with E-state index in [2.05, 4.69) is 20.9 Å². The summed E-state index contributed by atoms with van der Waals surface area (Å²) in [5.74, 6) is 1.83. The Hall–Kier alpha value is -4.79. The van der Waals surface area contributed by atoms with Crippen LogP contribution in [0, 0.1) is 13.8 Å². The molecule has 19 heteroatoms. The van der Waals surface area contributed by atoms with Gasteiger partial charge in [0.15, 0.2) is 40.0 Å². The van der Waals surface area contributed by atoms with Crippen molar-refractivity contribution in [1.82, 2.24) is 25.8 Å². The number of aryl methyl sites for hydroxylation is 1. The molecule has 3 aromatic carbocycles. The Bertz CT molecular complexity index is 2550. The molecule has 9 aliphatic rings. The van der Waals surface area contributed by atoms with Crippen molar-refractivity contribution < 1.29 is 58.1 Å². The Morgan fingerprint density at radius 3 is 2.59 bits per heavy atom. The number of nitrogens with zero attached hydrogens (tertiary/aromatic N) is 2. The number of unbranched alkanes of at least 4 members (excludes halogenated alkanes) is 1. The minimum atomic E-state index is -1.40. The summed E-state index contributed by atoms with van der Waals surface area (Å²) in [6.07, 6.45) is 2.25. The predicted octanol–water partition coefficient (Wildman–Crippen LogP) is 4.12. The zero-order chi connectivity index (χ0) is 45.9. The number of urea groups is 1. The van der Waals surface area contributed by atoms with Gasteiger partial charge in [-0.05, 0) is 81.0 Å². The highest BCUT2D eigenvalue weighted by Crippen LogP contribution is 2.64. The van der Waals surface area contributed by atoms with Crippen molar-refractivity contribution in [1.29, 1.82) is 0 Å². The molecule has 0 radical (unpaired) electrons. The van der Waals surface area contributed by atoms with Crippen LogP contribution in [0.1, 0.15) is 87.5 Å². The molecule has 4 bridgehead atoms. The third kappa shape index (κ3) is 6.54. The van der Waals surface area contributed by atoms with Crippen LogP contribution in [0.5, 0.6) is 40.2 Å². The van der Waals surface area contributed by atoms with Crippen LogP contribution in [0.25, 0.3) is 0 Å². The number of carbonyl (C=O) groups is 3. The van der Waals surface area contributed by atoms with Gasteiger partial charge in [-0.25, -0.2) is 9.59 Å². The standard InChI is InChI=1S/C47H55N5O12S2/c1-20-12-23-13-26-44(56)52-27-16-61-45(57)47(24-15-29(59-4)28(53)14-22(24)10-11-48-47)18-66-43(37(52)36(51(26)3)32(23)38(55)39(20)60-5)34-33(27)42-41(62-19-63-42)21(2)40(34)64-31(54)9-7-6-8-30-35-25(17-65-30)49-46(58)50-35/h12,14-15,25-27,30,35-37,43-44,48,53,55-56H,6-11,13,16-19H2,1-5H3,(H2,49,50,58)/t25?,26-,27+,30?,35?,36+,37?,43-,44+,47-/m1/s1. The molecule has 4 unspecified atom stereocenters. The van der Waals surface area contributed by atoms with E-state index in [0.29, 0.717) is 76.6 Å². The molecular weight excluding hydrogens is 891 g/mol. The van der Waals surface area contributed by atoms with Crippen molar-refractivity contribution in [3.05, 3.63) is 62.7 Å². The number of carbonyl (C=O) groups excluding carboxylic acids is 3. The van der Waals surface area contributed by atoms with Crippen LogP contribution >= 0.6 is 23.5 Å². The number of benzene rings is 3. The van der Waals surface area contributed by atoms with Gasteiger partial charge >= 0.3 is 18.0 Å². The molecule has 352 valence electrons. The van der Waals surface area contributed by atoms with E-state index in [-0.39, 0.29) is 66.2 Å². The van der Waals surface area contributed by atoms with Crippen molar-refractivity contribution in [3.8, 4) is 40.2 Å². The number of thioether (sulfide) groups is 2. The maximum Gasteiger partial charge on any atom is 0.331 e. The average molecular weight is 946 g/mol. The zero-order valence-corrected chi connectivity index (χ0v) is 39.1. The lowest BCUT2D eigenvalue weighted by Crippen LogP contribution is -2.70. The number of ether oxygens (including phenoxy) is 6. The van der Waals surface area contributed by atoms with Crippen molar-refractivity contribution in [2.75, 3.05) is 52.7 Å². The third-order valence-electron chi connectivity index (χ3n) is 15.3. The summed E-state index contributed by atoms with van der Waals surface area (Å²) in [7, 11) is 4.97. The molecule has 12 rings (SSSR count). The Balaban J connectivity index is 1.04. The van der Waals surface area contributed by atoms with E-state index >= 15 is 0 Å². The summed E-state index contributed by atoms with van der Waals surface area (Å²) < 4.78 is 36.9. The van der Waals surface area contributed by atoms with Crippen molar-refractivity contribution in [2.24, 2.45) is 0 Å².